The molecule has 116 valence electrons. The monoisotopic (exact) mass is 310 g/mol. The van der Waals surface area contributed by atoms with E-state index in [9.17, 15) is 13.2 Å². The van der Waals surface area contributed by atoms with Crippen LogP contribution >= 0.6 is 0 Å². The van der Waals surface area contributed by atoms with Gasteiger partial charge < -0.3 is 4.90 Å². The van der Waals surface area contributed by atoms with Gasteiger partial charge in [0.2, 0.25) is 15.9 Å². The minimum absolute atomic E-state index is 0.157. The molecule has 1 aromatic rings. The number of hydrogen-bond donors (Lipinski definition) is 1. The van der Waals surface area contributed by atoms with E-state index in [1.807, 2.05) is 11.0 Å². The lowest BCUT2D eigenvalue weighted by Crippen LogP contribution is -2.36. The van der Waals surface area contributed by atoms with Crippen LogP contribution in [0, 0.1) is 0 Å². The smallest absolute Gasteiger partial charge is 0.240 e. The lowest BCUT2D eigenvalue weighted by atomic mass is 9.99. The Bertz CT molecular complexity index is 626. The summed E-state index contributed by atoms with van der Waals surface area (Å²) in [6.07, 6.45) is 3.25. The highest BCUT2D eigenvalue weighted by molar-refractivity contribution is 7.89. The maximum atomic E-state index is 12.1. The Balaban J connectivity index is 2.19. The third-order valence-electron chi connectivity index (χ3n) is 3.87. The molecule has 1 aliphatic rings. The zero-order valence-electron chi connectivity index (χ0n) is 12.6. The van der Waals surface area contributed by atoms with E-state index in [-0.39, 0.29) is 10.8 Å². The first-order valence-corrected chi connectivity index (χ1v) is 8.79. The number of nitrogens with zero attached hydrogens (tertiary/aromatic N) is 1. The van der Waals surface area contributed by atoms with E-state index in [0.29, 0.717) is 19.5 Å². The summed E-state index contributed by atoms with van der Waals surface area (Å²) in [5.74, 6) is 0.157. The second kappa shape index (κ2) is 6.58. The molecule has 0 atom stereocenters. The van der Waals surface area contributed by atoms with Crippen LogP contribution < -0.4 is 4.72 Å². The summed E-state index contributed by atoms with van der Waals surface area (Å²) < 4.78 is 26.0. The largest absolute Gasteiger partial charge is 0.338 e. The Morgan fingerprint density at radius 2 is 2.10 bits per heavy atom. The highest BCUT2D eigenvalue weighted by Crippen LogP contribution is 2.23. The van der Waals surface area contributed by atoms with Crippen molar-refractivity contribution in [3.8, 4) is 0 Å². The van der Waals surface area contributed by atoms with Crippen LogP contribution in [0.1, 0.15) is 37.3 Å². The summed E-state index contributed by atoms with van der Waals surface area (Å²) in [6, 6.07) is 5.16. The van der Waals surface area contributed by atoms with Gasteiger partial charge in [0, 0.05) is 19.5 Å². The van der Waals surface area contributed by atoms with Gasteiger partial charge >= 0.3 is 0 Å². The molecule has 1 N–H and O–H groups in total. The van der Waals surface area contributed by atoms with Crippen LogP contribution in [0.2, 0.25) is 0 Å². The van der Waals surface area contributed by atoms with Crippen molar-refractivity contribution in [3.05, 3.63) is 29.3 Å². The molecule has 0 spiro atoms. The summed E-state index contributed by atoms with van der Waals surface area (Å²) in [6.45, 7) is 3.28. The fourth-order valence-corrected chi connectivity index (χ4v) is 3.30. The Kier molecular flexibility index (Phi) is 5.00. The van der Waals surface area contributed by atoms with E-state index in [1.54, 1.807) is 12.1 Å². The topological polar surface area (TPSA) is 66.5 Å². The number of hydrogen-bond acceptors (Lipinski definition) is 3. The minimum Gasteiger partial charge on any atom is -0.338 e. The van der Waals surface area contributed by atoms with Gasteiger partial charge in [-0.2, -0.15) is 0 Å². The number of sulfonamides is 1. The van der Waals surface area contributed by atoms with E-state index >= 15 is 0 Å². The van der Waals surface area contributed by atoms with Gasteiger partial charge in [-0.3, -0.25) is 4.79 Å². The SMILES string of the molecule is CCCCC(=O)N1CCc2ccc(S(=O)(=O)NC)cc2C1. The van der Waals surface area contributed by atoms with Crippen molar-refractivity contribution in [3.63, 3.8) is 0 Å². The highest BCUT2D eigenvalue weighted by atomic mass is 32.2. The lowest BCUT2D eigenvalue weighted by Gasteiger charge is -2.29. The van der Waals surface area contributed by atoms with Crippen LogP contribution in [0.25, 0.3) is 0 Å². The molecule has 0 radical (unpaired) electrons. The number of amides is 1. The average Bonchev–Trinajstić information content (AvgIpc) is 2.51. The summed E-state index contributed by atoms with van der Waals surface area (Å²) in [4.78, 5) is 14.2. The predicted octanol–water partition coefficient (Wildman–Crippen LogP) is 1.67. The maximum absolute atomic E-state index is 12.1. The molecule has 1 aliphatic heterocycles. The molecule has 1 heterocycles. The van der Waals surface area contributed by atoms with E-state index in [2.05, 4.69) is 11.6 Å². The molecule has 0 aliphatic carbocycles. The van der Waals surface area contributed by atoms with Gasteiger partial charge in [0.1, 0.15) is 0 Å². The van der Waals surface area contributed by atoms with Crippen molar-refractivity contribution in [1.29, 1.82) is 0 Å². The summed E-state index contributed by atoms with van der Waals surface area (Å²) in [5, 5.41) is 0. The predicted molar refractivity (Wildman–Crippen MR) is 81.3 cm³/mol. The van der Waals surface area contributed by atoms with Gasteiger partial charge in [0.05, 0.1) is 4.90 Å². The van der Waals surface area contributed by atoms with Crippen molar-refractivity contribution >= 4 is 15.9 Å². The number of rotatable bonds is 5. The molecule has 1 amide bonds. The Labute approximate surface area is 126 Å². The summed E-state index contributed by atoms with van der Waals surface area (Å²) >= 11 is 0. The molecule has 0 aromatic heterocycles. The van der Waals surface area contributed by atoms with Crippen LogP contribution in [0.5, 0.6) is 0 Å². The average molecular weight is 310 g/mol. The van der Waals surface area contributed by atoms with Gasteiger partial charge in [-0.1, -0.05) is 19.4 Å². The van der Waals surface area contributed by atoms with Crippen molar-refractivity contribution < 1.29 is 13.2 Å². The van der Waals surface area contributed by atoms with Crippen LogP contribution in [0.15, 0.2) is 23.1 Å². The third kappa shape index (κ3) is 3.63. The standard InChI is InChI=1S/C15H22N2O3S/c1-3-4-5-15(18)17-9-8-12-6-7-14(10-13(12)11-17)21(19,20)16-2/h6-7,10,16H,3-5,8-9,11H2,1-2H3. The van der Waals surface area contributed by atoms with Gasteiger partial charge in [0.25, 0.3) is 0 Å². The molecule has 21 heavy (non-hydrogen) atoms. The number of carbonyl (C=O) groups excluding carboxylic acids is 1. The molecule has 2 rings (SSSR count). The lowest BCUT2D eigenvalue weighted by molar-refractivity contribution is -0.132. The molecule has 6 heteroatoms. The third-order valence-corrected chi connectivity index (χ3v) is 5.28. The zero-order chi connectivity index (χ0) is 15.5. The zero-order valence-corrected chi connectivity index (χ0v) is 13.4. The van der Waals surface area contributed by atoms with Crippen molar-refractivity contribution in [1.82, 2.24) is 9.62 Å². The van der Waals surface area contributed by atoms with Crippen LogP contribution in [0.4, 0.5) is 0 Å². The maximum Gasteiger partial charge on any atom is 0.240 e. The minimum atomic E-state index is -3.44. The molecular formula is C15H22N2O3S. The van der Waals surface area contributed by atoms with E-state index in [4.69, 9.17) is 0 Å². The van der Waals surface area contributed by atoms with Crippen molar-refractivity contribution in [2.45, 2.75) is 44.0 Å². The number of benzene rings is 1. The second-order valence-corrected chi connectivity index (χ2v) is 7.19. The van der Waals surface area contributed by atoms with Gasteiger partial charge in [-0.15, -0.1) is 0 Å². The molecule has 1 aromatic carbocycles. The molecular weight excluding hydrogens is 288 g/mol. The van der Waals surface area contributed by atoms with Crippen LogP contribution in [0.3, 0.4) is 0 Å². The fourth-order valence-electron chi connectivity index (χ4n) is 2.52. The molecule has 0 unspecified atom stereocenters. The first-order chi connectivity index (χ1) is 9.97. The number of carbonyl (C=O) groups is 1. The molecule has 0 bridgehead atoms. The normalized spacial score (nSPS) is 14.9. The Hall–Kier alpha value is -1.40. The second-order valence-electron chi connectivity index (χ2n) is 5.31. The molecule has 0 saturated heterocycles. The number of nitrogens with one attached hydrogen (secondary N) is 1. The first kappa shape index (κ1) is 16.0. The van der Waals surface area contributed by atoms with E-state index in [1.165, 1.54) is 7.05 Å². The Morgan fingerprint density at radius 3 is 2.76 bits per heavy atom. The molecule has 0 saturated carbocycles. The quantitative estimate of drug-likeness (QED) is 0.899. The summed E-state index contributed by atoms with van der Waals surface area (Å²) in [7, 11) is -2.04. The number of fused-ring (bicyclic) bond motifs is 1. The van der Waals surface area contributed by atoms with Crippen LogP contribution in [-0.2, 0) is 27.8 Å². The van der Waals surface area contributed by atoms with E-state index < -0.39 is 10.0 Å². The highest BCUT2D eigenvalue weighted by Gasteiger charge is 2.22. The van der Waals surface area contributed by atoms with Gasteiger partial charge in [-0.05, 0) is 43.1 Å². The fraction of sp³-hybridized carbons (Fsp3) is 0.533. The summed E-state index contributed by atoms with van der Waals surface area (Å²) in [5.41, 5.74) is 2.06. The van der Waals surface area contributed by atoms with Gasteiger partial charge in [-0.25, -0.2) is 13.1 Å². The van der Waals surface area contributed by atoms with Gasteiger partial charge in [0.15, 0.2) is 0 Å². The molecule has 0 fully saturated rings. The first-order valence-electron chi connectivity index (χ1n) is 7.31. The van der Waals surface area contributed by atoms with E-state index in [0.717, 1.165) is 30.4 Å². The van der Waals surface area contributed by atoms with Crippen LogP contribution in [-0.4, -0.2) is 32.8 Å². The Morgan fingerprint density at radius 1 is 1.33 bits per heavy atom. The van der Waals surface area contributed by atoms with Crippen molar-refractivity contribution in [2.75, 3.05) is 13.6 Å². The molecule has 5 nitrogen and oxygen atoms in total. The van der Waals surface area contributed by atoms with Crippen molar-refractivity contribution in [2.24, 2.45) is 0 Å². The number of unbranched alkanes of at least 4 members (excludes halogenated alkanes) is 1.